The van der Waals surface area contributed by atoms with Crippen LogP contribution in [0.2, 0.25) is 5.02 Å². The Hall–Kier alpha value is -2.07. The minimum Gasteiger partial charge on any atom is -0.428 e. The molecule has 0 aliphatic carbocycles. The lowest BCUT2D eigenvalue weighted by Crippen LogP contribution is -2.26. The fraction of sp³-hybridized carbons (Fsp3) is 0.200. The van der Waals surface area contributed by atoms with E-state index in [1.165, 1.54) is 0 Å². The Morgan fingerprint density at radius 2 is 2.00 bits per heavy atom. The van der Waals surface area contributed by atoms with Crippen LogP contribution in [0.1, 0.15) is 29.2 Å². The van der Waals surface area contributed by atoms with Crippen molar-refractivity contribution < 1.29 is 13.9 Å². The van der Waals surface area contributed by atoms with Gasteiger partial charge in [0.2, 0.25) is 0 Å². The van der Waals surface area contributed by atoms with Crippen molar-refractivity contribution in [3.8, 4) is 5.75 Å². The smallest absolute Gasteiger partial charge is 0.343 e. The van der Waals surface area contributed by atoms with E-state index in [1.807, 2.05) is 6.07 Å². The van der Waals surface area contributed by atoms with E-state index < -0.39 is 11.5 Å². The van der Waals surface area contributed by atoms with E-state index in [2.05, 4.69) is 0 Å². The van der Waals surface area contributed by atoms with Crippen LogP contribution >= 0.6 is 11.6 Å². The van der Waals surface area contributed by atoms with Gasteiger partial charge in [-0.2, -0.15) is 0 Å². The van der Waals surface area contributed by atoms with Gasteiger partial charge in [-0.05, 0) is 18.6 Å². The highest BCUT2D eigenvalue weighted by molar-refractivity contribution is 6.31. The molecule has 2 aromatic rings. The molecule has 0 N–H and O–H groups in total. The van der Waals surface area contributed by atoms with Crippen molar-refractivity contribution in [3.05, 3.63) is 62.7 Å². The molecular formula is C15H11ClO4. The number of esters is 1. The Balaban J connectivity index is 2.23. The fourth-order valence-corrected chi connectivity index (χ4v) is 2.72. The van der Waals surface area contributed by atoms with Crippen LogP contribution in [0.3, 0.4) is 0 Å². The van der Waals surface area contributed by atoms with Gasteiger partial charge in [0.05, 0.1) is 12.0 Å². The number of hydrogen-bond donors (Lipinski definition) is 0. The molecule has 0 saturated heterocycles. The number of fused-ring (bicyclic) bond motifs is 1. The molecule has 0 bridgehead atoms. The highest BCUT2D eigenvalue weighted by Gasteiger charge is 2.33. The van der Waals surface area contributed by atoms with Crippen molar-refractivity contribution in [1.29, 1.82) is 0 Å². The number of aryl methyl sites for hydroxylation is 1. The van der Waals surface area contributed by atoms with E-state index in [1.54, 1.807) is 31.2 Å². The molecule has 0 saturated carbocycles. The topological polar surface area (TPSA) is 56.5 Å². The van der Waals surface area contributed by atoms with Crippen LogP contribution in [0.25, 0.3) is 0 Å². The average Bonchev–Trinajstić information content (AvgIpc) is 2.37. The standard InChI is InChI=1S/C15H11ClO4/c1-8-6-12-14(15(18)19-8)10(7-13(17)20-12)9-4-2-3-5-11(9)16/h2-6,10H,7H2,1H3. The monoisotopic (exact) mass is 290 g/mol. The molecular weight excluding hydrogens is 280 g/mol. The first kappa shape index (κ1) is 12.9. The minimum absolute atomic E-state index is 0.0740. The Morgan fingerprint density at radius 3 is 2.75 bits per heavy atom. The summed E-state index contributed by atoms with van der Waals surface area (Å²) >= 11 is 6.17. The summed E-state index contributed by atoms with van der Waals surface area (Å²) in [6.45, 7) is 1.63. The normalized spacial score (nSPS) is 17.5. The van der Waals surface area contributed by atoms with Crippen molar-refractivity contribution in [2.45, 2.75) is 19.3 Å². The van der Waals surface area contributed by atoms with Gasteiger partial charge in [-0.3, -0.25) is 4.79 Å². The second kappa shape index (κ2) is 4.80. The average molecular weight is 291 g/mol. The maximum atomic E-state index is 12.1. The molecule has 0 amide bonds. The maximum absolute atomic E-state index is 12.1. The lowest BCUT2D eigenvalue weighted by Gasteiger charge is -2.24. The second-order valence-corrected chi connectivity index (χ2v) is 5.08. The molecule has 102 valence electrons. The summed E-state index contributed by atoms with van der Waals surface area (Å²) in [4.78, 5) is 23.8. The zero-order chi connectivity index (χ0) is 14.3. The SMILES string of the molecule is Cc1cc2c(c(=O)o1)C(c1ccccc1Cl)CC(=O)O2. The molecule has 2 heterocycles. The summed E-state index contributed by atoms with van der Waals surface area (Å²) in [5.41, 5.74) is 0.587. The van der Waals surface area contributed by atoms with E-state index in [9.17, 15) is 9.59 Å². The first-order chi connectivity index (χ1) is 9.56. The molecule has 0 radical (unpaired) electrons. The molecule has 5 heteroatoms. The van der Waals surface area contributed by atoms with Gasteiger partial charge in [0.1, 0.15) is 11.5 Å². The highest BCUT2D eigenvalue weighted by atomic mass is 35.5. The van der Waals surface area contributed by atoms with Gasteiger partial charge in [-0.15, -0.1) is 0 Å². The Bertz CT molecular complexity index is 748. The van der Waals surface area contributed by atoms with E-state index in [0.29, 0.717) is 16.3 Å². The number of carbonyl (C=O) groups excluding carboxylic acids is 1. The largest absolute Gasteiger partial charge is 0.428 e. The van der Waals surface area contributed by atoms with Gasteiger partial charge in [0, 0.05) is 17.0 Å². The van der Waals surface area contributed by atoms with Crippen LogP contribution in [-0.4, -0.2) is 5.97 Å². The predicted octanol–water partition coefficient (Wildman–Crippen LogP) is 3.04. The second-order valence-electron chi connectivity index (χ2n) is 4.67. The number of benzene rings is 1. The van der Waals surface area contributed by atoms with E-state index in [0.717, 1.165) is 5.56 Å². The quantitative estimate of drug-likeness (QED) is 0.758. The van der Waals surface area contributed by atoms with E-state index >= 15 is 0 Å². The van der Waals surface area contributed by atoms with Gasteiger partial charge in [0.15, 0.2) is 0 Å². The number of carbonyl (C=O) groups is 1. The number of halogens is 1. The Morgan fingerprint density at radius 1 is 1.25 bits per heavy atom. The first-order valence-corrected chi connectivity index (χ1v) is 6.54. The Labute approximate surface area is 119 Å². The van der Waals surface area contributed by atoms with Gasteiger partial charge in [-0.1, -0.05) is 29.8 Å². The molecule has 1 aliphatic heterocycles. The number of hydrogen-bond acceptors (Lipinski definition) is 4. The van der Waals surface area contributed by atoms with Crippen LogP contribution in [-0.2, 0) is 4.79 Å². The molecule has 1 atom stereocenters. The van der Waals surface area contributed by atoms with Crippen molar-refractivity contribution in [1.82, 2.24) is 0 Å². The molecule has 20 heavy (non-hydrogen) atoms. The van der Waals surface area contributed by atoms with Gasteiger partial charge in [0.25, 0.3) is 0 Å². The zero-order valence-corrected chi connectivity index (χ0v) is 11.4. The summed E-state index contributed by atoms with van der Waals surface area (Å²) in [6.07, 6.45) is 0.0740. The van der Waals surface area contributed by atoms with Gasteiger partial charge >= 0.3 is 11.6 Å². The fourth-order valence-electron chi connectivity index (χ4n) is 2.45. The van der Waals surface area contributed by atoms with Crippen molar-refractivity contribution >= 4 is 17.6 Å². The predicted molar refractivity (Wildman–Crippen MR) is 73.3 cm³/mol. The Kier molecular flexibility index (Phi) is 3.10. The molecule has 3 rings (SSSR count). The van der Waals surface area contributed by atoms with E-state index in [-0.39, 0.29) is 18.1 Å². The summed E-state index contributed by atoms with van der Waals surface area (Å²) in [7, 11) is 0. The molecule has 0 fully saturated rings. The third-order valence-corrected chi connectivity index (χ3v) is 3.64. The molecule has 1 unspecified atom stereocenters. The highest BCUT2D eigenvalue weighted by Crippen LogP contribution is 2.39. The van der Waals surface area contributed by atoms with Crippen LogP contribution in [0, 0.1) is 6.92 Å². The summed E-state index contributed by atoms with van der Waals surface area (Å²) in [5, 5.41) is 0.512. The molecule has 1 aromatic heterocycles. The molecule has 0 spiro atoms. The van der Waals surface area contributed by atoms with Crippen LogP contribution in [0.5, 0.6) is 5.75 Å². The number of ether oxygens (including phenoxy) is 1. The van der Waals surface area contributed by atoms with E-state index in [4.69, 9.17) is 20.8 Å². The number of rotatable bonds is 1. The van der Waals surface area contributed by atoms with Crippen molar-refractivity contribution in [2.75, 3.05) is 0 Å². The maximum Gasteiger partial charge on any atom is 0.343 e. The molecule has 4 nitrogen and oxygen atoms in total. The third-order valence-electron chi connectivity index (χ3n) is 3.30. The van der Waals surface area contributed by atoms with Crippen molar-refractivity contribution in [2.24, 2.45) is 0 Å². The van der Waals surface area contributed by atoms with Crippen LogP contribution in [0.15, 0.2) is 39.5 Å². The summed E-state index contributed by atoms with van der Waals surface area (Å²) in [5.74, 6) is -0.148. The zero-order valence-electron chi connectivity index (χ0n) is 10.7. The first-order valence-electron chi connectivity index (χ1n) is 6.16. The summed E-state index contributed by atoms with van der Waals surface area (Å²) < 4.78 is 10.3. The molecule has 1 aliphatic rings. The van der Waals surface area contributed by atoms with Crippen LogP contribution < -0.4 is 10.4 Å². The van der Waals surface area contributed by atoms with Crippen LogP contribution in [0.4, 0.5) is 0 Å². The van der Waals surface area contributed by atoms with Crippen molar-refractivity contribution in [3.63, 3.8) is 0 Å². The lowest BCUT2D eigenvalue weighted by molar-refractivity contribution is -0.135. The summed E-state index contributed by atoms with van der Waals surface area (Å²) in [6, 6.07) is 8.70. The molecule has 1 aromatic carbocycles. The minimum atomic E-state index is -0.489. The van der Waals surface area contributed by atoms with Gasteiger partial charge < -0.3 is 9.15 Å². The third kappa shape index (κ3) is 2.12. The van der Waals surface area contributed by atoms with Gasteiger partial charge in [-0.25, -0.2) is 4.79 Å². The lowest BCUT2D eigenvalue weighted by atomic mass is 9.87.